The smallest absolute Gasteiger partial charge is 0.289 e. The molecule has 0 aliphatic carbocycles. The molecule has 1 atom stereocenters. The Balaban J connectivity index is 3.43. The zero-order chi connectivity index (χ0) is 8.91. The largest absolute Gasteiger partial charge is 0.394 e. The maximum atomic E-state index is 9.99. The summed E-state index contributed by atoms with van der Waals surface area (Å²) in [5, 5.41) is 16.8. The molecule has 0 aliphatic heterocycles. The van der Waals surface area contributed by atoms with Gasteiger partial charge in [0.2, 0.25) is 0 Å². The van der Waals surface area contributed by atoms with Crippen molar-refractivity contribution in [1.82, 2.24) is 0 Å². The average Bonchev–Trinajstić information content (AvgIpc) is 1.85. The van der Waals surface area contributed by atoms with Gasteiger partial charge < -0.3 is 14.9 Å². The molecule has 0 fully saturated rings. The van der Waals surface area contributed by atoms with Crippen molar-refractivity contribution < 1.29 is 27.9 Å². The Morgan fingerprint density at radius 2 is 2.00 bits per heavy atom. The number of ether oxygens (including phenoxy) is 1. The minimum absolute atomic E-state index is 0.323. The van der Waals surface area contributed by atoms with Crippen LogP contribution < -0.4 is 0 Å². The van der Waals surface area contributed by atoms with Crippen LogP contribution >= 0.6 is 0 Å². The third-order valence-electron chi connectivity index (χ3n) is 0.753. The van der Waals surface area contributed by atoms with E-state index in [-0.39, 0.29) is 6.61 Å². The molecule has 0 saturated carbocycles. The van der Waals surface area contributed by atoms with Gasteiger partial charge >= 0.3 is 0 Å². The summed E-state index contributed by atoms with van der Waals surface area (Å²) in [6.07, 6.45) is -1.11. The van der Waals surface area contributed by atoms with E-state index in [0.29, 0.717) is 0 Å². The fourth-order valence-corrected chi connectivity index (χ4v) is 0.649. The van der Waals surface area contributed by atoms with Crippen molar-refractivity contribution in [2.75, 3.05) is 19.2 Å². The molecule has 0 aliphatic rings. The molecule has 0 aromatic heterocycles. The van der Waals surface area contributed by atoms with E-state index in [1.165, 1.54) is 0 Å². The first-order valence-corrected chi connectivity index (χ1v) is 4.38. The van der Waals surface area contributed by atoms with Crippen molar-refractivity contribution in [3.63, 3.8) is 0 Å². The van der Waals surface area contributed by atoms with Crippen molar-refractivity contribution in [3.8, 4) is 0 Å². The second-order valence-electron chi connectivity index (χ2n) is 1.91. The molecular weight excluding hydrogens is 176 g/mol. The standard InChI is InChI=1S/C4H10O6S/c5-1-4(6)2-10-3-11(7,8)9/h4-6H,1-3H2,(H,7,8,9). The molecule has 0 heterocycles. The first-order chi connectivity index (χ1) is 4.95. The van der Waals surface area contributed by atoms with Crippen molar-refractivity contribution in [2.45, 2.75) is 6.10 Å². The highest BCUT2D eigenvalue weighted by Gasteiger charge is 2.06. The van der Waals surface area contributed by atoms with E-state index in [1.807, 2.05) is 0 Å². The fraction of sp³-hybridized carbons (Fsp3) is 1.00. The molecule has 6 nitrogen and oxygen atoms in total. The highest BCUT2D eigenvalue weighted by Crippen LogP contribution is 1.87. The van der Waals surface area contributed by atoms with Crippen LogP contribution in [0.15, 0.2) is 0 Å². The predicted molar refractivity (Wildman–Crippen MR) is 35.5 cm³/mol. The van der Waals surface area contributed by atoms with Gasteiger partial charge in [0.05, 0.1) is 13.2 Å². The maximum Gasteiger partial charge on any atom is 0.289 e. The molecule has 7 heteroatoms. The van der Waals surface area contributed by atoms with E-state index in [4.69, 9.17) is 14.8 Å². The highest BCUT2D eigenvalue weighted by atomic mass is 32.2. The second kappa shape index (κ2) is 4.62. The van der Waals surface area contributed by atoms with E-state index < -0.39 is 28.8 Å². The Morgan fingerprint density at radius 1 is 1.45 bits per heavy atom. The predicted octanol–water partition coefficient (Wildman–Crippen LogP) is -1.80. The summed E-state index contributed by atoms with van der Waals surface area (Å²) in [5.74, 6) is -0.871. The molecular formula is C4H10O6S. The SMILES string of the molecule is O=S(=O)(O)COCC(O)CO. The van der Waals surface area contributed by atoms with E-state index in [2.05, 4.69) is 4.74 Å². The molecule has 0 amide bonds. The lowest BCUT2D eigenvalue weighted by Gasteiger charge is -2.05. The van der Waals surface area contributed by atoms with Crippen molar-refractivity contribution in [3.05, 3.63) is 0 Å². The number of aliphatic hydroxyl groups excluding tert-OH is 2. The highest BCUT2D eigenvalue weighted by molar-refractivity contribution is 7.85. The lowest BCUT2D eigenvalue weighted by atomic mass is 10.4. The van der Waals surface area contributed by atoms with E-state index in [9.17, 15) is 8.42 Å². The molecule has 1 unspecified atom stereocenters. The molecule has 3 N–H and O–H groups in total. The molecule has 11 heavy (non-hydrogen) atoms. The van der Waals surface area contributed by atoms with Crippen molar-refractivity contribution >= 4 is 10.1 Å². The lowest BCUT2D eigenvalue weighted by Crippen LogP contribution is -2.21. The summed E-state index contributed by atoms with van der Waals surface area (Å²) in [6.45, 7) is -0.832. The maximum absolute atomic E-state index is 9.99. The molecule has 0 rings (SSSR count). The van der Waals surface area contributed by atoms with Gasteiger partial charge in [0, 0.05) is 0 Å². The summed E-state index contributed by atoms with van der Waals surface area (Å²) in [6, 6.07) is 0. The van der Waals surface area contributed by atoms with Crippen LogP contribution in [0.3, 0.4) is 0 Å². The summed E-state index contributed by atoms with van der Waals surface area (Å²) < 4.78 is 32.4. The molecule has 0 radical (unpaired) electrons. The van der Waals surface area contributed by atoms with Gasteiger partial charge in [-0.05, 0) is 0 Å². The van der Waals surface area contributed by atoms with Crippen LogP contribution in [0.5, 0.6) is 0 Å². The van der Waals surface area contributed by atoms with Gasteiger partial charge in [0.1, 0.15) is 6.10 Å². The monoisotopic (exact) mass is 186 g/mol. The summed E-state index contributed by atoms with van der Waals surface area (Å²) in [4.78, 5) is 0. The number of aliphatic hydroxyl groups is 2. The van der Waals surface area contributed by atoms with E-state index in [1.54, 1.807) is 0 Å². The minimum Gasteiger partial charge on any atom is -0.394 e. The Hall–Kier alpha value is -0.210. The van der Waals surface area contributed by atoms with Crippen LogP contribution in [0.1, 0.15) is 0 Å². The van der Waals surface area contributed by atoms with Gasteiger partial charge in [0.25, 0.3) is 10.1 Å². The number of hydrogen-bond donors (Lipinski definition) is 3. The van der Waals surface area contributed by atoms with E-state index >= 15 is 0 Å². The first kappa shape index (κ1) is 10.8. The zero-order valence-corrected chi connectivity index (χ0v) is 6.49. The molecule has 0 spiro atoms. The number of hydrogen-bond acceptors (Lipinski definition) is 5. The van der Waals surface area contributed by atoms with Crippen molar-refractivity contribution in [1.29, 1.82) is 0 Å². The Bertz CT molecular complexity index is 185. The van der Waals surface area contributed by atoms with Gasteiger partial charge in [-0.3, -0.25) is 4.55 Å². The summed E-state index contributed by atoms with van der Waals surface area (Å²) in [7, 11) is -4.14. The van der Waals surface area contributed by atoms with Crippen LogP contribution in [0.25, 0.3) is 0 Å². The molecule has 0 bridgehead atoms. The molecule has 68 valence electrons. The topological polar surface area (TPSA) is 104 Å². The molecule has 0 saturated heterocycles. The van der Waals surface area contributed by atoms with Gasteiger partial charge in [-0.15, -0.1) is 0 Å². The quantitative estimate of drug-likeness (QED) is 0.438. The fourth-order valence-electron chi connectivity index (χ4n) is 0.342. The Kier molecular flexibility index (Phi) is 4.54. The summed E-state index contributed by atoms with van der Waals surface area (Å²) in [5.41, 5.74) is 0. The lowest BCUT2D eigenvalue weighted by molar-refractivity contribution is 0.0185. The normalized spacial score (nSPS) is 14.8. The summed E-state index contributed by atoms with van der Waals surface area (Å²) >= 11 is 0. The van der Waals surface area contributed by atoms with Gasteiger partial charge in [0.15, 0.2) is 5.94 Å². The van der Waals surface area contributed by atoms with Gasteiger partial charge in [-0.2, -0.15) is 8.42 Å². The molecule has 0 aromatic carbocycles. The third-order valence-corrected chi connectivity index (χ3v) is 1.22. The second-order valence-corrected chi connectivity index (χ2v) is 3.31. The Labute approximate surface area is 64.2 Å². The van der Waals surface area contributed by atoms with Crippen LogP contribution in [0.2, 0.25) is 0 Å². The van der Waals surface area contributed by atoms with Gasteiger partial charge in [-0.1, -0.05) is 0 Å². The Morgan fingerprint density at radius 3 is 2.36 bits per heavy atom. The zero-order valence-electron chi connectivity index (χ0n) is 5.67. The van der Waals surface area contributed by atoms with Crippen LogP contribution in [-0.4, -0.2) is 48.4 Å². The van der Waals surface area contributed by atoms with E-state index in [0.717, 1.165) is 0 Å². The van der Waals surface area contributed by atoms with Crippen LogP contribution in [-0.2, 0) is 14.9 Å². The van der Waals surface area contributed by atoms with Crippen LogP contribution in [0.4, 0.5) is 0 Å². The average molecular weight is 186 g/mol. The minimum atomic E-state index is -4.14. The third kappa shape index (κ3) is 7.69. The van der Waals surface area contributed by atoms with Crippen LogP contribution in [0, 0.1) is 0 Å². The first-order valence-electron chi connectivity index (χ1n) is 2.77. The van der Waals surface area contributed by atoms with Gasteiger partial charge in [-0.25, -0.2) is 0 Å². The molecule has 0 aromatic rings. The van der Waals surface area contributed by atoms with Crippen molar-refractivity contribution in [2.24, 2.45) is 0 Å². The number of rotatable bonds is 5.